The van der Waals surface area contributed by atoms with Gasteiger partial charge in [0.2, 0.25) is 0 Å². The smallest absolute Gasteiger partial charge is 0.254 e. The molecule has 0 aromatic heterocycles. The Morgan fingerprint density at radius 3 is 2.62 bits per heavy atom. The van der Waals surface area contributed by atoms with Crippen molar-refractivity contribution >= 4 is 12.1 Å². The molecule has 0 atom stereocenters. The van der Waals surface area contributed by atoms with Crippen molar-refractivity contribution in [2.24, 2.45) is 5.10 Å². The molecule has 0 fully saturated rings. The number of hydrogen-bond donors (Lipinski definition) is 2. The van der Waals surface area contributed by atoms with E-state index in [9.17, 15) is 9.90 Å². The first-order chi connectivity index (χ1) is 11.7. The van der Waals surface area contributed by atoms with E-state index in [1.165, 1.54) is 24.5 Å². The second-order valence-corrected chi connectivity index (χ2v) is 5.61. The van der Waals surface area contributed by atoms with Gasteiger partial charge in [-0.25, -0.2) is 5.43 Å². The second kappa shape index (κ2) is 7.14. The molecule has 1 heterocycles. The minimum Gasteiger partial charge on any atom is -0.504 e. The number of phenols is 1. The summed E-state index contributed by atoms with van der Waals surface area (Å²) >= 11 is 0. The van der Waals surface area contributed by atoms with Crippen LogP contribution < -0.4 is 10.2 Å². The fourth-order valence-electron chi connectivity index (χ4n) is 2.74. The second-order valence-electron chi connectivity index (χ2n) is 5.61. The lowest BCUT2D eigenvalue weighted by atomic mass is 10.1. The summed E-state index contributed by atoms with van der Waals surface area (Å²) in [6, 6.07) is 13.2. The zero-order chi connectivity index (χ0) is 16.9. The monoisotopic (exact) mass is 325 g/mol. The third kappa shape index (κ3) is 3.55. The number of nitrogens with zero attached hydrogens (tertiary/aromatic N) is 2. The molecule has 0 saturated carbocycles. The van der Waals surface area contributed by atoms with Crippen LogP contribution in [0.5, 0.6) is 11.5 Å². The number of phenolic OH excluding ortho intramolecular Hbond substituents is 1. The number of methoxy groups -OCH3 is 1. The van der Waals surface area contributed by atoms with Gasteiger partial charge in [-0.2, -0.15) is 5.10 Å². The van der Waals surface area contributed by atoms with Crippen LogP contribution in [0, 0.1) is 0 Å². The van der Waals surface area contributed by atoms with Gasteiger partial charge >= 0.3 is 0 Å². The van der Waals surface area contributed by atoms with E-state index in [1.54, 1.807) is 18.2 Å². The highest BCUT2D eigenvalue weighted by molar-refractivity contribution is 5.86. The Morgan fingerprint density at radius 1 is 1.25 bits per heavy atom. The summed E-state index contributed by atoms with van der Waals surface area (Å²) < 4.78 is 5.03. The molecule has 2 N–H and O–H groups in total. The Morgan fingerprint density at radius 2 is 1.96 bits per heavy atom. The normalized spacial score (nSPS) is 13.9. The van der Waals surface area contributed by atoms with Crippen LogP contribution in [0.4, 0.5) is 0 Å². The predicted octanol–water partition coefficient (Wildman–Crippen LogP) is 1.87. The molecular formula is C18H19N3O3. The number of hydrogen-bond acceptors (Lipinski definition) is 5. The average Bonchev–Trinajstić information content (AvgIpc) is 2.98. The van der Waals surface area contributed by atoms with Crippen molar-refractivity contribution in [1.82, 2.24) is 10.3 Å². The lowest BCUT2D eigenvalue weighted by molar-refractivity contribution is -0.122. The van der Waals surface area contributed by atoms with E-state index < -0.39 is 0 Å². The third-order valence-corrected chi connectivity index (χ3v) is 3.92. The summed E-state index contributed by atoms with van der Waals surface area (Å²) in [5.41, 5.74) is 5.48. The van der Waals surface area contributed by atoms with Gasteiger partial charge in [-0.3, -0.25) is 9.69 Å². The summed E-state index contributed by atoms with van der Waals surface area (Å²) in [5, 5.41) is 13.8. The van der Waals surface area contributed by atoms with Gasteiger partial charge in [-0.1, -0.05) is 30.3 Å². The Bertz CT molecular complexity index is 749. The lowest BCUT2D eigenvalue weighted by Gasteiger charge is -2.12. The highest BCUT2D eigenvalue weighted by Crippen LogP contribution is 2.27. The van der Waals surface area contributed by atoms with E-state index in [2.05, 4.69) is 27.6 Å². The predicted molar refractivity (Wildman–Crippen MR) is 91.0 cm³/mol. The highest BCUT2D eigenvalue weighted by Gasteiger charge is 2.20. The molecule has 124 valence electrons. The van der Waals surface area contributed by atoms with Crippen molar-refractivity contribution in [3.05, 3.63) is 59.2 Å². The Balaban J connectivity index is 1.53. The first-order valence-corrected chi connectivity index (χ1v) is 7.64. The van der Waals surface area contributed by atoms with Gasteiger partial charge in [-0.05, 0) is 23.3 Å². The molecule has 0 spiro atoms. The van der Waals surface area contributed by atoms with Crippen LogP contribution in [-0.2, 0) is 17.9 Å². The number of fused-ring (bicyclic) bond motifs is 1. The van der Waals surface area contributed by atoms with E-state index in [-0.39, 0.29) is 18.2 Å². The van der Waals surface area contributed by atoms with E-state index in [1.807, 2.05) is 12.1 Å². The number of carbonyl (C=O) groups is 1. The molecule has 1 amide bonds. The van der Waals surface area contributed by atoms with Crippen molar-refractivity contribution in [2.45, 2.75) is 13.1 Å². The quantitative estimate of drug-likeness (QED) is 0.650. The van der Waals surface area contributed by atoms with Gasteiger partial charge in [0.15, 0.2) is 11.5 Å². The zero-order valence-corrected chi connectivity index (χ0v) is 13.4. The molecule has 1 aliphatic rings. The number of hydrazone groups is 1. The third-order valence-electron chi connectivity index (χ3n) is 3.92. The van der Waals surface area contributed by atoms with Crippen molar-refractivity contribution in [2.75, 3.05) is 13.7 Å². The number of ether oxygens (including phenoxy) is 1. The summed E-state index contributed by atoms with van der Waals surface area (Å²) in [7, 11) is 1.48. The molecule has 2 aromatic rings. The van der Waals surface area contributed by atoms with E-state index >= 15 is 0 Å². The molecule has 0 radical (unpaired) electrons. The molecule has 6 heteroatoms. The maximum Gasteiger partial charge on any atom is 0.254 e. The molecule has 0 unspecified atom stereocenters. The van der Waals surface area contributed by atoms with E-state index in [4.69, 9.17) is 4.74 Å². The van der Waals surface area contributed by atoms with Gasteiger partial charge < -0.3 is 9.84 Å². The molecule has 24 heavy (non-hydrogen) atoms. The SMILES string of the molecule is COc1cccc(/C=N\NC(=O)CN2Cc3ccccc3C2)c1O. The molecule has 2 aromatic carbocycles. The van der Waals surface area contributed by atoms with Gasteiger partial charge in [0.25, 0.3) is 5.91 Å². The molecule has 0 aliphatic carbocycles. The average molecular weight is 325 g/mol. The number of amides is 1. The maximum atomic E-state index is 12.0. The highest BCUT2D eigenvalue weighted by atomic mass is 16.5. The number of rotatable bonds is 5. The molecule has 6 nitrogen and oxygen atoms in total. The first kappa shape index (κ1) is 16.0. The van der Waals surface area contributed by atoms with Crippen LogP contribution in [0.25, 0.3) is 0 Å². The number of aromatic hydroxyl groups is 1. The topological polar surface area (TPSA) is 74.2 Å². The lowest BCUT2D eigenvalue weighted by Crippen LogP contribution is -2.32. The Hall–Kier alpha value is -2.86. The van der Waals surface area contributed by atoms with Gasteiger partial charge in [0.05, 0.1) is 19.9 Å². The minimum absolute atomic E-state index is 0.00649. The molecular weight excluding hydrogens is 306 g/mol. The fourth-order valence-corrected chi connectivity index (χ4v) is 2.74. The van der Waals surface area contributed by atoms with Crippen molar-refractivity contribution in [1.29, 1.82) is 0 Å². The van der Waals surface area contributed by atoms with Gasteiger partial charge in [0, 0.05) is 18.7 Å². The van der Waals surface area contributed by atoms with Crippen LogP contribution in [0.3, 0.4) is 0 Å². The fraction of sp³-hybridized carbons (Fsp3) is 0.222. The zero-order valence-electron chi connectivity index (χ0n) is 13.4. The van der Waals surface area contributed by atoms with E-state index in [0.717, 1.165) is 13.1 Å². The van der Waals surface area contributed by atoms with Crippen LogP contribution in [0.2, 0.25) is 0 Å². The van der Waals surface area contributed by atoms with Crippen molar-refractivity contribution in [3.63, 3.8) is 0 Å². The van der Waals surface area contributed by atoms with E-state index in [0.29, 0.717) is 11.3 Å². The van der Waals surface area contributed by atoms with Crippen molar-refractivity contribution in [3.8, 4) is 11.5 Å². The minimum atomic E-state index is -0.193. The van der Waals surface area contributed by atoms with Crippen LogP contribution in [0.15, 0.2) is 47.6 Å². The first-order valence-electron chi connectivity index (χ1n) is 7.64. The van der Waals surface area contributed by atoms with Gasteiger partial charge in [0.1, 0.15) is 0 Å². The standard InChI is InChI=1S/C18H19N3O3/c1-24-16-8-4-7-13(18(16)23)9-19-20-17(22)12-21-10-14-5-2-3-6-15(14)11-21/h2-9,23H,10-12H2,1H3,(H,20,22)/b19-9-. The van der Waals surface area contributed by atoms with Crippen molar-refractivity contribution < 1.29 is 14.6 Å². The summed E-state index contributed by atoms with van der Waals surface area (Å²) in [4.78, 5) is 14.0. The number of nitrogens with one attached hydrogen (secondary N) is 1. The largest absolute Gasteiger partial charge is 0.504 e. The number of carbonyl (C=O) groups excluding carboxylic acids is 1. The molecule has 1 aliphatic heterocycles. The van der Waals surface area contributed by atoms with Crippen LogP contribution in [-0.4, -0.2) is 35.8 Å². The molecule has 3 rings (SSSR count). The number of para-hydroxylation sites is 1. The maximum absolute atomic E-state index is 12.0. The summed E-state index contributed by atoms with van der Waals surface area (Å²) in [6.07, 6.45) is 1.40. The summed E-state index contributed by atoms with van der Waals surface area (Å²) in [5.74, 6) is 0.162. The molecule has 0 saturated heterocycles. The van der Waals surface area contributed by atoms with Crippen LogP contribution >= 0.6 is 0 Å². The van der Waals surface area contributed by atoms with Crippen LogP contribution in [0.1, 0.15) is 16.7 Å². The van der Waals surface area contributed by atoms with Gasteiger partial charge in [-0.15, -0.1) is 0 Å². The number of benzene rings is 2. The Kier molecular flexibility index (Phi) is 4.77. The molecule has 0 bridgehead atoms. The summed E-state index contributed by atoms with van der Waals surface area (Å²) in [6.45, 7) is 1.81. The Labute approximate surface area is 140 Å².